The monoisotopic (exact) mass is 367 g/mol. The van der Waals surface area contributed by atoms with Crippen LogP contribution in [0, 0.1) is 6.92 Å². The van der Waals surface area contributed by atoms with Crippen LogP contribution in [0.4, 0.5) is 0 Å². The van der Waals surface area contributed by atoms with Gasteiger partial charge in [0, 0.05) is 28.1 Å². The van der Waals surface area contributed by atoms with Gasteiger partial charge in [0.25, 0.3) is 0 Å². The second-order valence-electron chi connectivity index (χ2n) is 6.11. The van der Waals surface area contributed by atoms with Gasteiger partial charge in [-0.2, -0.15) is 0 Å². The molecular weight excluding hydrogens is 350 g/mol. The number of rotatable bonds is 4. The lowest BCUT2D eigenvalue weighted by atomic mass is 10.1. The Labute approximate surface area is 155 Å². The largest absolute Gasteiger partial charge is 0.497 e. The number of aromatic nitrogens is 3. The predicted octanol–water partition coefficient (Wildman–Crippen LogP) is 4.08. The van der Waals surface area contributed by atoms with Crippen LogP contribution in [0.15, 0.2) is 42.7 Å². The summed E-state index contributed by atoms with van der Waals surface area (Å²) in [5.74, 6) is 1.58. The number of ether oxygens (including phenoxy) is 1. The third-order valence-electron chi connectivity index (χ3n) is 4.69. The summed E-state index contributed by atoms with van der Waals surface area (Å²) in [4.78, 5) is 8.89. The normalized spacial score (nSPS) is 11.4. The molecule has 0 bridgehead atoms. The van der Waals surface area contributed by atoms with Crippen molar-refractivity contribution in [3.05, 3.63) is 59.0 Å². The van der Waals surface area contributed by atoms with Crippen molar-refractivity contribution in [3.63, 3.8) is 0 Å². The van der Waals surface area contributed by atoms with Gasteiger partial charge in [0.15, 0.2) is 0 Å². The Morgan fingerprint density at radius 1 is 1.12 bits per heavy atom. The minimum absolute atomic E-state index is 0.0806. The first-order valence-electron chi connectivity index (χ1n) is 8.33. The highest BCUT2D eigenvalue weighted by atomic mass is 35.5. The highest BCUT2D eigenvalue weighted by molar-refractivity contribution is 6.31. The van der Waals surface area contributed by atoms with E-state index in [-0.39, 0.29) is 6.61 Å². The van der Waals surface area contributed by atoms with Gasteiger partial charge >= 0.3 is 0 Å². The van der Waals surface area contributed by atoms with Crippen molar-refractivity contribution < 1.29 is 9.84 Å². The summed E-state index contributed by atoms with van der Waals surface area (Å²) in [6.07, 6.45) is 2.12. The zero-order valence-electron chi connectivity index (χ0n) is 14.5. The molecule has 26 heavy (non-hydrogen) atoms. The molecule has 0 amide bonds. The number of benzene rings is 2. The van der Waals surface area contributed by atoms with Gasteiger partial charge in [-0.15, -0.1) is 0 Å². The summed E-state index contributed by atoms with van der Waals surface area (Å²) in [5.41, 5.74) is 3.93. The van der Waals surface area contributed by atoms with Crippen LogP contribution in [0.25, 0.3) is 27.6 Å². The fourth-order valence-electron chi connectivity index (χ4n) is 3.48. The van der Waals surface area contributed by atoms with E-state index >= 15 is 0 Å². The van der Waals surface area contributed by atoms with Gasteiger partial charge in [-0.25, -0.2) is 9.97 Å². The fraction of sp³-hybridized carbons (Fsp3) is 0.200. The van der Waals surface area contributed by atoms with Crippen molar-refractivity contribution in [2.24, 2.45) is 0 Å². The van der Waals surface area contributed by atoms with Crippen molar-refractivity contribution >= 4 is 33.4 Å². The van der Waals surface area contributed by atoms with Crippen LogP contribution in [0.3, 0.4) is 0 Å². The summed E-state index contributed by atoms with van der Waals surface area (Å²) in [6, 6.07) is 11.6. The first-order chi connectivity index (χ1) is 12.6. The molecule has 0 atom stereocenters. The van der Waals surface area contributed by atoms with E-state index in [9.17, 15) is 5.11 Å². The van der Waals surface area contributed by atoms with Crippen LogP contribution in [0.2, 0.25) is 5.02 Å². The number of hydrogen-bond acceptors (Lipinski definition) is 4. The van der Waals surface area contributed by atoms with E-state index in [0.717, 1.165) is 44.6 Å². The predicted molar refractivity (Wildman–Crippen MR) is 103 cm³/mol. The number of hydrogen-bond donors (Lipinski definition) is 1. The molecule has 2 heterocycles. The third kappa shape index (κ3) is 2.60. The lowest BCUT2D eigenvalue weighted by Crippen LogP contribution is -2.03. The molecule has 0 saturated heterocycles. The summed E-state index contributed by atoms with van der Waals surface area (Å²) in [5, 5.41) is 12.1. The molecular formula is C20H18ClN3O2. The van der Waals surface area contributed by atoms with Crippen molar-refractivity contribution in [1.82, 2.24) is 14.5 Å². The third-order valence-corrected chi connectivity index (χ3v) is 4.93. The average Bonchev–Trinajstić information content (AvgIpc) is 2.92. The molecule has 0 fully saturated rings. The van der Waals surface area contributed by atoms with E-state index in [4.69, 9.17) is 16.3 Å². The molecule has 2 aromatic carbocycles. The Kier molecular flexibility index (Phi) is 4.26. The lowest BCUT2D eigenvalue weighted by Gasteiger charge is -2.11. The zero-order valence-corrected chi connectivity index (χ0v) is 15.3. The van der Waals surface area contributed by atoms with Crippen LogP contribution >= 0.6 is 11.6 Å². The average molecular weight is 368 g/mol. The van der Waals surface area contributed by atoms with E-state index in [1.54, 1.807) is 13.4 Å². The summed E-state index contributed by atoms with van der Waals surface area (Å²) >= 11 is 6.11. The maximum Gasteiger partial charge on any atom is 0.148 e. The number of nitrogens with zero attached hydrogens (tertiary/aromatic N) is 3. The van der Waals surface area contributed by atoms with Crippen LogP contribution in [0.5, 0.6) is 5.75 Å². The number of halogens is 1. The van der Waals surface area contributed by atoms with E-state index < -0.39 is 0 Å². The van der Waals surface area contributed by atoms with Crippen molar-refractivity contribution in [3.8, 4) is 11.6 Å². The minimum Gasteiger partial charge on any atom is -0.497 e. The molecule has 0 aliphatic carbocycles. The Morgan fingerprint density at radius 3 is 2.73 bits per heavy atom. The molecule has 132 valence electrons. The Morgan fingerprint density at radius 2 is 1.96 bits per heavy atom. The molecule has 1 N–H and O–H groups in total. The van der Waals surface area contributed by atoms with Crippen molar-refractivity contribution in [1.29, 1.82) is 0 Å². The molecule has 0 saturated carbocycles. The Hall–Kier alpha value is -2.63. The maximum absolute atomic E-state index is 9.53. The van der Waals surface area contributed by atoms with Crippen LogP contribution in [-0.2, 0) is 6.42 Å². The van der Waals surface area contributed by atoms with Crippen LogP contribution in [-0.4, -0.2) is 33.4 Å². The molecule has 0 aliphatic heterocycles. The summed E-state index contributed by atoms with van der Waals surface area (Å²) in [6.45, 7) is 2.12. The van der Waals surface area contributed by atoms with Gasteiger partial charge in [0.05, 0.1) is 18.1 Å². The number of fused-ring (bicyclic) bond motifs is 2. The van der Waals surface area contributed by atoms with Gasteiger partial charge in [-0.05, 0) is 55.3 Å². The topological polar surface area (TPSA) is 60.2 Å². The van der Waals surface area contributed by atoms with Crippen LogP contribution in [0.1, 0.15) is 11.3 Å². The molecule has 2 aromatic heterocycles. The first-order valence-corrected chi connectivity index (χ1v) is 8.71. The van der Waals surface area contributed by atoms with Crippen molar-refractivity contribution in [2.75, 3.05) is 13.7 Å². The Bertz CT molecular complexity index is 1120. The van der Waals surface area contributed by atoms with Gasteiger partial charge < -0.3 is 9.84 Å². The van der Waals surface area contributed by atoms with Crippen LogP contribution < -0.4 is 4.74 Å². The quantitative estimate of drug-likeness (QED) is 0.590. The first kappa shape index (κ1) is 16.8. The second-order valence-corrected chi connectivity index (χ2v) is 6.55. The van der Waals surface area contributed by atoms with E-state index in [0.29, 0.717) is 11.4 Å². The number of aliphatic hydroxyl groups excluding tert-OH is 1. The van der Waals surface area contributed by atoms with Gasteiger partial charge in [0.2, 0.25) is 0 Å². The molecule has 0 unspecified atom stereocenters. The second kappa shape index (κ2) is 6.59. The molecule has 0 radical (unpaired) electrons. The Balaban J connectivity index is 2.08. The SMILES string of the molecule is COc1ccc2c(c1)c(CCO)c(C)n2-c1ncnc2cc(Cl)ccc12. The number of methoxy groups -OCH3 is 1. The highest BCUT2D eigenvalue weighted by Gasteiger charge is 2.18. The maximum atomic E-state index is 9.53. The minimum atomic E-state index is 0.0806. The van der Waals surface area contributed by atoms with E-state index in [1.165, 1.54) is 0 Å². The summed E-state index contributed by atoms with van der Waals surface area (Å²) in [7, 11) is 1.65. The molecule has 5 nitrogen and oxygen atoms in total. The van der Waals surface area contributed by atoms with Crippen molar-refractivity contribution in [2.45, 2.75) is 13.3 Å². The zero-order chi connectivity index (χ0) is 18.3. The standard InChI is InChI=1S/C20H18ClN3O2/c1-12-15(7-8-25)17-10-14(26-2)4-6-19(17)24(12)20-16-5-3-13(21)9-18(16)22-11-23-20/h3-6,9-11,25H,7-8H2,1-2H3. The van der Waals surface area contributed by atoms with Gasteiger partial charge in [-0.1, -0.05) is 11.6 Å². The molecule has 0 spiro atoms. The molecule has 4 rings (SSSR count). The van der Waals surface area contributed by atoms with E-state index in [2.05, 4.69) is 14.5 Å². The smallest absolute Gasteiger partial charge is 0.148 e. The number of aliphatic hydroxyl groups is 1. The summed E-state index contributed by atoms with van der Waals surface area (Å²) < 4.78 is 7.49. The molecule has 4 aromatic rings. The fourth-order valence-corrected chi connectivity index (χ4v) is 3.65. The molecule has 6 heteroatoms. The highest BCUT2D eigenvalue weighted by Crippen LogP contribution is 2.33. The van der Waals surface area contributed by atoms with E-state index in [1.807, 2.05) is 43.3 Å². The lowest BCUT2D eigenvalue weighted by molar-refractivity contribution is 0.299. The molecule has 0 aliphatic rings. The van der Waals surface area contributed by atoms with Gasteiger partial charge in [0.1, 0.15) is 17.9 Å². The van der Waals surface area contributed by atoms with Gasteiger partial charge in [-0.3, -0.25) is 4.57 Å².